The molecule has 0 saturated heterocycles. The van der Waals surface area contributed by atoms with Gasteiger partial charge in [-0.3, -0.25) is 9.78 Å². The highest BCUT2D eigenvalue weighted by Gasteiger charge is 2.17. The molecular formula is C13H9NO. The Labute approximate surface area is 87.6 Å². The first-order valence-corrected chi connectivity index (χ1v) is 4.90. The average Bonchev–Trinajstić information content (AvgIpc) is 2.66. The van der Waals surface area contributed by atoms with Crippen LogP contribution in [0.4, 0.5) is 0 Å². The largest absolute Gasteiger partial charge is 0.298 e. The Morgan fingerprint density at radius 3 is 2.93 bits per heavy atom. The van der Waals surface area contributed by atoms with E-state index in [4.69, 9.17) is 0 Å². The van der Waals surface area contributed by atoms with Crippen LogP contribution in [0.2, 0.25) is 0 Å². The van der Waals surface area contributed by atoms with Gasteiger partial charge in [-0.2, -0.15) is 0 Å². The number of rotatable bonds is 1. The summed E-state index contributed by atoms with van der Waals surface area (Å²) in [5.41, 5.74) is 5.65. The van der Waals surface area contributed by atoms with Crippen molar-refractivity contribution in [3.63, 3.8) is 0 Å². The smallest absolute Gasteiger partial charge is 0.150 e. The minimum absolute atomic E-state index is 0.735. The van der Waals surface area contributed by atoms with Gasteiger partial charge in [0.1, 0.15) is 6.29 Å². The maximum Gasteiger partial charge on any atom is 0.150 e. The number of hydrogen-bond donors (Lipinski definition) is 0. The fourth-order valence-electron chi connectivity index (χ4n) is 2.11. The number of benzene rings is 1. The Bertz CT molecular complexity index is 546. The van der Waals surface area contributed by atoms with Crippen molar-refractivity contribution in [2.75, 3.05) is 0 Å². The zero-order chi connectivity index (χ0) is 10.3. The summed E-state index contributed by atoms with van der Waals surface area (Å²) in [4.78, 5) is 14.8. The Hall–Kier alpha value is -1.96. The average molecular weight is 195 g/mol. The molecule has 1 aliphatic rings. The first-order chi connectivity index (χ1) is 7.38. The van der Waals surface area contributed by atoms with Gasteiger partial charge in [-0.15, -0.1) is 0 Å². The van der Waals surface area contributed by atoms with E-state index < -0.39 is 0 Å². The quantitative estimate of drug-likeness (QED) is 0.558. The lowest BCUT2D eigenvalue weighted by Gasteiger charge is -2.00. The summed E-state index contributed by atoms with van der Waals surface area (Å²) in [6.45, 7) is 0. The van der Waals surface area contributed by atoms with Crippen LogP contribution >= 0.6 is 0 Å². The summed E-state index contributed by atoms with van der Waals surface area (Å²) in [6, 6.07) is 7.86. The number of nitrogens with zero attached hydrogens (tertiary/aromatic N) is 1. The van der Waals surface area contributed by atoms with Crippen LogP contribution in [-0.4, -0.2) is 11.3 Å². The topological polar surface area (TPSA) is 30.0 Å². The molecule has 0 aliphatic heterocycles. The minimum Gasteiger partial charge on any atom is -0.298 e. The van der Waals surface area contributed by atoms with Gasteiger partial charge in [-0.25, -0.2) is 0 Å². The summed E-state index contributed by atoms with van der Waals surface area (Å²) in [6.07, 6.45) is 5.51. The molecule has 0 amide bonds. The van der Waals surface area contributed by atoms with E-state index >= 15 is 0 Å². The molecule has 2 nitrogen and oxygen atoms in total. The van der Waals surface area contributed by atoms with E-state index in [1.807, 2.05) is 30.5 Å². The van der Waals surface area contributed by atoms with E-state index in [1.54, 1.807) is 6.20 Å². The second kappa shape index (κ2) is 3.02. The first-order valence-electron chi connectivity index (χ1n) is 4.90. The van der Waals surface area contributed by atoms with E-state index in [0.717, 1.165) is 18.3 Å². The molecule has 1 aliphatic carbocycles. The maximum absolute atomic E-state index is 10.7. The molecule has 0 spiro atoms. The van der Waals surface area contributed by atoms with Crippen molar-refractivity contribution in [2.24, 2.45) is 0 Å². The molecule has 3 rings (SSSR count). The summed E-state index contributed by atoms with van der Waals surface area (Å²) >= 11 is 0. The van der Waals surface area contributed by atoms with Gasteiger partial charge in [0.2, 0.25) is 0 Å². The predicted molar refractivity (Wildman–Crippen MR) is 57.9 cm³/mol. The molecule has 1 heterocycles. The third-order valence-corrected chi connectivity index (χ3v) is 2.84. The van der Waals surface area contributed by atoms with Gasteiger partial charge in [0.15, 0.2) is 0 Å². The van der Waals surface area contributed by atoms with Crippen LogP contribution in [0.15, 0.2) is 36.7 Å². The summed E-state index contributed by atoms with van der Waals surface area (Å²) < 4.78 is 0. The number of aldehydes is 1. The molecule has 2 heteroatoms. The van der Waals surface area contributed by atoms with Crippen molar-refractivity contribution in [1.29, 1.82) is 0 Å². The zero-order valence-electron chi connectivity index (χ0n) is 8.10. The molecule has 0 atom stereocenters. The highest BCUT2D eigenvalue weighted by Crippen LogP contribution is 2.35. The second-order valence-corrected chi connectivity index (χ2v) is 3.74. The lowest BCUT2D eigenvalue weighted by atomic mass is 10.0. The van der Waals surface area contributed by atoms with Crippen LogP contribution in [0.3, 0.4) is 0 Å². The lowest BCUT2D eigenvalue weighted by molar-refractivity contribution is 0.112. The fraction of sp³-hybridized carbons (Fsp3) is 0.0769. The Balaban J connectivity index is 2.26. The molecule has 0 fully saturated rings. The molecule has 0 N–H and O–H groups in total. The SMILES string of the molecule is O=Cc1ccc2c(c1)-c1ccncc1C2. The molecule has 0 bridgehead atoms. The van der Waals surface area contributed by atoms with Gasteiger partial charge in [0.25, 0.3) is 0 Å². The third-order valence-electron chi connectivity index (χ3n) is 2.84. The number of pyridine rings is 1. The van der Waals surface area contributed by atoms with E-state index in [-0.39, 0.29) is 0 Å². The number of carbonyl (C=O) groups is 1. The Kier molecular flexibility index (Phi) is 1.68. The molecule has 1 aromatic carbocycles. The summed E-state index contributed by atoms with van der Waals surface area (Å²) in [7, 11) is 0. The van der Waals surface area contributed by atoms with Gasteiger partial charge >= 0.3 is 0 Å². The predicted octanol–water partition coefficient (Wildman–Crippen LogP) is 2.47. The van der Waals surface area contributed by atoms with Crippen LogP contribution < -0.4 is 0 Å². The van der Waals surface area contributed by atoms with E-state index in [2.05, 4.69) is 4.98 Å². The molecule has 1 aromatic heterocycles. The number of carbonyl (C=O) groups excluding carboxylic acids is 1. The van der Waals surface area contributed by atoms with Gasteiger partial charge < -0.3 is 0 Å². The van der Waals surface area contributed by atoms with E-state index in [1.165, 1.54) is 22.3 Å². The standard InChI is InChI=1S/C13H9NO/c15-8-9-1-2-10-6-11-7-14-4-3-12(11)13(10)5-9/h1-5,7-8H,6H2. The molecule has 72 valence electrons. The van der Waals surface area contributed by atoms with Crippen LogP contribution in [0.1, 0.15) is 21.5 Å². The number of hydrogen-bond acceptors (Lipinski definition) is 2. The fourth-order valence-corrected chi connectivity index (χ4v) is 2.11. The summed E-state index contributed by atoms with van der Waals surface area (Å²) in [5.74, 6) is 0. The van der Waals surface area contributed by atoms with Crippen molar-refractivity contribution in [2.45, 2.75) is 6.42 Å². The van der Waals surface area contributed by atoms with Crippen LogP contribution in [0, 0.1) is 0 Å². The van der Waals surface area contributed by atoms with E-state index in [0.29, 0.717) is 0 Å². The monoisotopic (exact) mass is 195 g/mol. The van der Waals surface area contributed by atoms with Crippen molar-refractivity contribution < 1.29 is 4.79 Å². The molecule has 15 heavy (non-hydrogen) atoms. The van der Waals surface area contributed by atoms with Crippen molar-refractivity contribution in [3.05, 3.63) is 53.3 Å². The Morgan fingerprint density at radius 1 is 1.13 bits per heavy atom. The number of aromatic nitrogens is 1. The highest BCUT2D eigenvalue weighted by molar-refractivity contribution is 5.83. The normalized spacial score (nSPS) is 12.0. The third kappa shape index (κ3) is 1.18. The van der Waals surface area contributed by atoms with Gasteiger partial charge in [-0.05, 0) is 34.4 Å². The van der Waals surface area contributed by atoms with Crippen molar-refractivity contribution >= 4 is 6.29 Å². The van der Waals surface area contributed by atoms with Crippen LogP contribution in [0.25, 0.3) is 11.1 Å². The molecule has 0 saturated carbocycles. The van der Waals surface area contributed by atoms with Crippen LogP contribution in [-0.2, 0) is 6.42 Å². The zero-order valence-corrected chi connectivity index (χ0v) is 8.10. The van der Waals surface area contributed by atoms with Crippen LogP contribution in [0.5, 0.6) is 0 Å². The molecule has 0 unspecified atom stereocenters. The van der Waals surface area contributed by atoms with Gasteiger partial charge in [0, 0.05) is 24.4 Å². The number of fused-ring (bicyclic) bond motifs is 3. The highest BCUT2D eigenvalue weighted by atomic mass is 16.1. The Morgan fingerprint density at radius 2 is 2.07 bits per heavy atom. The second-order valence-electron chi connectivity index (χ2n) is 3.74. The molecular weight excluding hydrogens is 186 g/mol. The minimum atomic E-state index is 0.735. The van der Waals surface area contributed by atoms with Crippen molar-refractivity contribution in [1.82, 2.24) is 4.98 Å². The molecule has 0 radical (unpaired) electrons. The van der Waals surface area contributed by atoms with Gasteiger partial charge in [0.05, 0.1) is 0 Å². The van der Waals surface area contributed by atoms with Gasteiger partial charge in [-0.1, -0.05) is 12.1 Å². The molecule has 2 aromatic rings. The first kappa shape index (κ1) is 8.36. The van der Waals surface area contributed by atoms with E-state index in [9.17, 15) is 4.79 Å². The lowest BCUT2D eigenvalue weighted by Crippen LogP contribution is -1.83. The summed E-state index contributed by atoms with van der Waals surface area (Å²) in [5, 5.41) is 0. The van der Waals surface area contributed by atoms with Crippen molar-refractivity contribution in [3.8, 4) is 11.1 Å². The maximum atomic E-state index is 10.7.